The summed E-state index contributed by atoms with van der Waals surface area (Å²) in [4.78, 5) is 0. The van der Waals surface area contributed by atoms with E-state index in [0.29, 0.717) is 0 Å². The topological polar surface area (TPSA) is 18.5 Å². The van der Waals surface area contributed by atoms with Crippen LogP contribution in [0, 0.1) is 0 Å². The Morgan fingerprint density at radius 1 is 0.667 bits per heavy atom. The molecule has 4 heteroatoms. The Bertz CT molecular complexity index is 709. The van der Waals surface area contributed by atoms with Gasteiger partial charge in [0.15, 0.2) is 0 Å². The van der Waals surface area contributed by atoms with Crippen molar-refractivity contribution in [2.75, 3.05) is 6.61 Å². The summed E-state index contributed by atoms with van der Waals surface area (Å²) >= 11 is 0. The second-order valence-electron chi connectivity index (χ2n) is 6.52. The molecule has 0 radical (unpaired) electrons. The van der Waals surface area contributed by atoms with Gasteiger partial charge in [0.2, 0.25) is 13.8 Å². The Morgan fingerprint density at radius 3 is 1.48 bits per heavy atom. The van der Waals surface area contributed by atoms with Crippen LogP contribution >= 0.6 is 7.49 Å². The minimum Gasteiger partial charge on any atom is -1.00 e. The lowest BCUT2D eigenvalue weighted by molar-refractivity contribution is -0.100. The van der Waals surface area contributed by atoms with Crippen LogP contribution in [0.4, 0.5) is 0 Å². The lowest BCUT2D eigenvalue weighted by Crippen LogP contribution is -3.00. The number of hydrogen-bond donors (Lipinski definition) is 0. The molecule has 4 rings (SSSR count). The van der Waals surface area contributed by atoms with Gasteiger partial charge in [-0.25, -0.2) is 0 Å². The van der Waals surface area contributed by atoms with Crippen LogP contribution in [0.15, 0.2) is 91.0 Å². The number of halogens is 1. The summed E-state index contributed by atoms with van der Waals surface area (Å²) in [6.45, 7) is 0.781. The van der Waals surface area contributed by atoms with Crippen molar-refractivity contribution in [2.45, 2.75) is 25.6 Å². The molecule has 140 valence electrons. The first-order valence-electron chi connectivity index (χ1n) is 9.25. The van der Waals surface area contributed by atoms with Gasteiger partial charge in [-0.05, 0) is 49.2 Å². The van der Waals surface area contributed by atoms with Gasteiger partial charge in [0.1, 0.15) is 15.9 Å². The summed E-state index contributed by atoms with van der Waals surface area (Å²) in [5.74, 6) is 0. The van der Waals surface area contributed by atoms with Crippen LogP contribution in [-0.4, -0.2) is 12.9 Å². The molecule has 0 aliphatic carbocycles. The fourth-order valence-electron chi connectivity index (χ4n) is 3.51. The Balaban J connectivity index is 0.00000210. The van der Waals surface area contributed by atoms with E-state index in [1.54, 1.807) is 0 Å². The average molecular weight is 490 g/mol. The predicted molar refractivity (Wildman–Crippen MR) is 110 cm³/mol. The highest BCUT2D eigenvalue weighted by Crippen LogP contribution is 2.58. The van der Waals surface area contributed by atoms with Crippen molar-refractivity contribution in [1.82, 2.24) is 0 Å². The molecule has 0 amide bonds. The van der Waals surface area contributed by atoms with Gasteiger partial charge in [0.05, 0.1) is 0 Å². The molecule has 1 fully saturated rings. The molecule has 1 atom stereocenters. The molecule has 27 heavy (non-hydrogen) atoms. The Kier molecular flexibility index (Phi) is 7.42. The standard InChI is InChI=1S/C23H24O2P.HI/c1-4-12-20(13-5-1)26(21-14-6-2-7-15-21,22-16-8-3-9-17-22)25-23-18-10-11-19-24-23;/h1-9,12-17,23H,10-11,18-19H2;1H/q+1;/p-1. The van der Waals surface area contributed by atoms with Crippen LogP contribution in [0.3, 0.4) is 0 Å². The van der Waals surface area contributed by atoms with E-state index in [0.717, 1.165) is 25.9 Å². The van der Waals surface area contributed by atoms with E-state index < -0.39 is 7.49 Å². The van der Waals surface area contributed by atoms with Crippen LogP contribution in [0.1, 0.15) is 19.3 Å². The fraction of sp³-hybridized carbons (Fsp3) is 0.217. The van der Waals surface area contributed by atoms with Gasteiger partial charge in [0.25, 0.3) is 0 Å². The molecule has 2 nitrogen and oxygen atoms in total. The first-order valence-corrected chi connectivity index (χ1v) is 11.0. The molecule has 0 N–H and O–H groups in total. The maximum atomic E-state index is 6.93. The molecule has 3 aromatic carbocycles. The highest BCUT2D eigenvalue weighted by Gasteiger charge is 2.50. The van der Waals surface area contributed by atoms with Crippen molar-refractivity contribution in [2.24, 2.45) is 0 Å². The average Bonchev–Trinajstić information content (AvgIpc) is 2.75. The smallest absolute Gasteiger partial charge is 0.246 e. The first kappa shape index (κ1) is 20.5. The second-order valence-corrected chi connectivity index (χ2v) is 9.50. The van der Waals surface area contributed by atoms with Gasteiger partial charge in [-0.3, -0.25) is 0 Å². The van der Waals surface area contributed by atoms with E-state index in [9.17, 15) is 0 Å². The van der Waals surface area contributed by atoms with Crippen LogP contribution in [-0.2, 0) is 9.26 Å². The minimum absolute atomic E-state index is 0. The van der Waals surface area contributed by atoms with Gasteiger partial charge < -0.3 is 28.7 Å². The Morgan fingerprint density at radius 2 is 1.11 bits per heavy atom. The Hall–Kier alpha value is -1.26. The summed E-state index contributed by atoms with van der Waals surface area (Å²) in [5, 5.41) is 3.68. The van der Waals surface area contributed by atoms with Gasteiger partial charge in [-0.2, -0.15) is 4.52 Å². The molecule has 1 saturated heterocycles. The molecule has 0 aromatic heterocycles. The quantitative estimate of drug-likeness (QED) is 0.399. The number of hydrogen-bond acceptors (Lipinski definition) is 2. The van der Waals surface area contributed by atoms with Crippen molar-refractivity contribution in [3.63, 3.8) is 0 Å². The molecule has 1 heterocycles. The third-order valence-electron chi connectivity index (χ3n) is 4.77. The normalized spacial score (nSPS) is 17.1. The van der Waals surface area contributed by atoms with E-state index >= 15 is 0 Å². The van der Waals surface area contributed by atoms with Crippen molar-refractivity contribution in [3.05, 3.63) is 91.0 Å². The molecule has 0 spiro atoms. The van der Waals surface area contributed by atoms with Crippen LogP contribution < -0.4 is 39.9 Å². The SMILES string of the molecule is [I-].c1ccc([P+](OC2CCCCO2)(c2ccccc2)c2ccccc2)cc1. The van der Waals surface area contributed by atoms with E-state index in [-0.39, 0.29) is 30.3 Å². The molecular formula is C23H24IO2P. The zero-order chi connectivity index (χ0) is 17.7. The lowest BCUT2D eigenvalue weighted by atomic mass is 10.2. The van der Waals surface area contributed by atoms with Gasteiger partial charge in [-0.15, -0.1) is 0 Å². The molecule has 0 saturated carbocycles. The van der Waals surface area contributed by atoms with Crippen molar-refractivity contribution < 1.29 is 33.2 Å². The van der Waals surface area contributed by atoms with Gasteiger partial charge in [-0.1, -0.05) is 54.6 Å². The highest BCUT2D eigenvalue weighted by atomic mass is 127. The summed E-state index contributed by atoms with van der Waals surface area (Å²) < 4.78 is 12.9. The van der Waals surface area contributed by atoms with E-state index in [4.69, 9.17) is 9.26 Å². The van der Waals surface area contributed by atoms with Gasteiger partial charge >= 0.3 is 0 Å². The number of rotatable bonds is 5. The number of ether oxygens (including phenoxy) is 1. The molecular weight excluding hydrogens is 466 g/mol. The van der Waals surface area contributed by atoms with E-state index in [2.05, 4.69) is 91.0 Å². The zero-order valence-electron chi connectivity index (χ0n) is 15.2. The third-order valence-corrected chi connectivity index (χ3v) is 8.40. The maximum Gasteiger partial charge on any atom is 0.246 e. The van der Waals surface area contributed by atoms with Crippen LogP contribution in [0.25, 0.3) is 0 Å². The molecule has 1 aliphatic rings. The molecule has 0 bridgehead atoms. The van der Waals surface area contributed by atoms with Crippen LogP contribution in [0.2, 0.25) is 0 Å². The van der Waals surface area contributed by atoms with Crippen LogP contribution in [0.5, 0.6) is 0 Å². The zero-order valence-corrected chi connectivity index (χ0v) is 18.3. The first-order chi connectivity index (χ1) is 12.9. The molecule has 3 aromatic rings. The lowest BCUT2D eigenvalue weighted by Gasteiger charge is -2.31. The van der Waals surface area contributed by atoms with Crippen molar-refractivity contribution >= 4 is 23.4 Å². The largest absolute Gasteiger partial charge is 1.00 e. The summed E-state index contributed by atoms with van der Waals surface area (Å²) in [5.41, 5.74) is 0. The van der Waals surface area contributed by atoms with Crippen molar-refractivity contribution in [1.29, 1.82) is 0 Å². The summed E-state index contributed by atoms with van der Waals surface area (Å²) in [6, 6.07) is 31.9. The van der Waals surface area contributed by atoms with Crippen molar-refractivity contribution in [3.8, 4) is 0 Å². The second kappa shape index (κ2) is 9.79. The summed E-state index contributed by atoms with van der Waals surface area (Å²) in [7, 11) is -2.25. The molecule has 1 unspecified atom stereocenters. The third kappa shape index (κ3) is 4.43. The fourth-order valence-corrected chi connectivity index (χ4v) is 7.07. The monoisotopic (exact) mass is 490 g/mol. The highest BCUT2D eigenvalue weighted by molar-refractivity contribution is 7.91. The summed E-state index contributed by atoms with van der Waals surface area (Å²) in [6.07, 6.45) is 3.07. The minimum atomic E-state index is -2.25. The predicted octanol–water partition coefficient (Wildman–Crippen LogP) is 1.44. The maximum absolute atomic E-state index is 6.93. The Labute approximate surface area is 179 Å². The molecule has 1 aliphatic heterocycles. The number of benzene rings is 3. The van der Waals surface area contributed by atoms with E-state index in [1.807, 2.05) is 0 Å². The van der Waals surface area contributed by atoms with Gasteiger partial charge in [0, 0.05) is 13.0 Å². The van der Waals surface area contributed by atoms with E-state index in [1.165, 1.54) is 15.9 Å².